The zero-order valence-electron chi connectivity index (χ0n) is 5.29. The van der Waals surface area contributed by atoms with E-state index in [9.17, 15) is 0 Å². The number of hydrogen-bond acceptors (Lipinski definition) is 1. The van der Waals surface area contributed by atoms with Gasteiger partial charge in [0.15, 0.2) is 0 Å². The van der Waals surface area contributed by atoms with Crippen molar-refractivity contribution in [2.45, 2.75) is 5.38 Å². The van der Waals surface area contributed by atoms with Gasteiger partial charge in [0.1, 0.15) is 0 Å². The molecule has 0 N–H and O–H groups in total. The lowest BCUT2D eigenvalue weighted by Crippen LogP contribution is -2.01. The summed E-state index contributed by atoms with van der Waals surface area (Å²) in [7, 11) is 0. The summed E-state index contributed by atoms with van der Waals surface area (Å²) >= 11 is 5.94. The summed E-state index contributed by atoms with van der Waals surface area (Å²) in [5.41, 5.74) is 2.12. The van der Waals surface area contributed by atoms with E-state index >= 15 is 0 Å². The van der Waals surface area contributed by atoms with Crippen LogP contribution in [0.5, 0.6) is 0 Å². The molecule has 2 aliphatic rings. The lowest BCUT2D eigenvalue weighted by Gasteiger charge is -2.09. The van der Waals surface area contributed by atoms with Crippen molar-refractivity contribution in [3.8, 4) is 0 Å². The van der Waals surface area contributed by atoms with Crippen LogP contribution in [-0.2, 0) is 0 Å². The molecule has 0 spiro atoms. The van der Waals surface area contributed by atoms with E-state index in [1.807, 2.05) is 24.3 Å². The molecule has 0 amide bonds. The van der Waals surface area contributed by atoms with Crippen LogP contribution >= 0.6 is 11.6 Å². The van der Waals surface area contributed by atoms with Gasteiger partial charge in [0.2, 0.25) is 0 Å². The molecule has 0 aromatic rings. The van der Waals surface area contributed by atoms with Gasteiger partial charge in [0.25, 0.3) is 0 Å². The summed E-state index contributed by atoms with van der Waals surface area (Å²) in [5.74, 6) is 0. The molecule has 0 saturated carbocycles. The van der Waals surface area contributed by atoms with E-state index in [1.54, 1.807) is 6.21 Å². The molecule has 0 aromatic heterocycles. The van der Waals surface area contributed by atoms with Gasteiger partial charge in [-0.3, -0.25) is 4.99 Å². The Kier molecular flexibility index (Phi) is 1.24. The molecular weight excluding hydrogens is 146 g/mol. The Morgan fingerprint density at radius 3 is 3.10 bits per heavy atom. The summed E-state index contributed by atoms with van der Waals surface area (Å²) in [5, 5.41) is 0.0162. The minimum absolute atomic E-state index is 0.0162. The molecule has 0 saturated heterocycles. The number of rotatable bonds is 0. The molecule has 1 aliphatic carbocycles. The van der Waals surface area contributed by atoms with E-state index < -0.39 is 0 Å². The van der Waals surface area contributed by atoms with E-state index in [1.165, 1.54) is 0 Å². The quantitative estimate of drug-likeness (QED) is 0.470. The summed E-state index contributed by atoms with van der Waals surface area (Å²) in [4.78, 5) is 4.12. The van der Waals surface area contributed by atoms with E-state index in [0.717, 1.165) is 11.3 Å². The number of fused-ring (bicyclic) bond motifs is 1. The molecule has 1 heterocycles. The average molecular weight is 152 g/mol. The number of halogens is 1. The van der Waals surface area contributed by atoms with Crippen LogP contribution in [0.2, 0.25) is 0 Å². The second-order valence-electron chi connectivity index (χ2n) is 2.24. The highest BCUT2D eigenvalue weighted by Crippen LogP contribution is 2.27. The number of allylic oxidation sites excluding steroid dienone is 5. The highest BCUT2D eigenvalue weighted by Gasteiger charge is 2.16. The van der Waals surface area contributed by atoms with Gasteiger partial charge in [-0.1, -0.05) is 12.2 Å². The summed E-state index contributed by atoms with van der Waals surface area (Å²) in [6.45, 7) is 0. The lowest BCUT2D eigenvalue weighted by atomic mass is 10.1. The Balaban J connectivity index is 2.45. The molecule has 1 atom stereocenters. The molecule has 0 fully saturated rings. The summed E-state index contributed by atoms with van der Waals surface area (Å²) < 4.78 is 0. The Bertz CT molecular complexity index is 271. The maximum absolute atomic E-state index is 5.94. The topological polar surface area (TPSA) is 12.4 Å². The lowest BCUT2D eigenvalue weighted by molar-refractivity contribution is 1.19. The largest absolute Gasteiger partial charge is 0.257 e. The van der Waals surface area contributed by atoms with Crippen LogP contribution in [0.1, 0.15) is 0 Å². The van der Waals surface area contributed by atoms with Crippen molar-refractivity contribution in [2.75, 3.05) is 0 Å². The fourth-order valence-corrected chi connectivity index (χ4v) is 1.35. The van der Waals surface area contributed by atoms with Crippen LogP contribution in [-0.4, -0.2) is 11.6 Å². The van der Waals surface area contributed by atoms with Crippen molar-refractivity contribution in [2.24, 2.45) is 4.99 Å². The molecule has 0 bridgehead atoms. The van der Waals surface area contributed by atoms with Crippen molar-refractivity contribution in [3.05, 3.63) is 35.6 Å². The highest BCUT2D eigenvalue weighted by atomic mass is 35.5. The van der Waals surface area contributed by atoms with Crippen LogP contribution in [0, 0.1) is 0 Å². The Morgan fingerprint density at radius 2 is 2.30 bits per heavy atom. The minimum atomic E-state index is 0.0162. The van der Waals surface area contributed by atoms with Crippen LogP contribution < -0.4 is 0 Å². The van der Waals surface area contributed by atoms with Crippen molar-refractivity contribution < 1.29 is 0 Å². The van der Waals surface area contributed by atoms with Crippen LogP contribution in [0.15, 0.2) is 40.6 Å². The standard InChI is InChI=1S/C8H6ClN/c9-7-2-1-3-8-6(7)4-5-10-8/h1-5,7H/t7-/m0/s1. The summed E-state index contributed by atoms with van der Waals surface area (Å²) in [6, 6.07) is 0. The first kappa shape index (κ1) is 5.93. The first-order valence-electron chi connectivity index (χ1n) is 3.15. The van der Waals surface area contributed by atoms with Crippen molar-refractivity contribution in [1.82, 2.24) is 0 Å². The third-order valence-electron chi connectivity index (χ3n) is 1.59. The number of aliphatic imine (C=N–C) groups is 1. The fraction of sp³-hybridized carbons (Fsp3) is 0.125. The maximum atomic E-state index is 5.94. The smallest absolute Gasteiger partial charge is 0.0790 e. The Morgan fingerprint density at radius 1 is 1.40 bits per heavy atom. The van der Waals surface area contributed by atoms with E-state index in [2.05, 4.69) is 4.99 Å². The SMILES string of the molecule is Cl[C@H]1C=CC=C2N=CC=C21. The average Bonchev–Trinajstić information content (AvgIpc) is 2.36. The molecule has 2 rings (SSSR count). The van der Waals surface area contributed by atoms with Gasteiger partial charge in [0.05, 0.1) is 11.1 Å². The second kappa shape index (κ2) is 2.10. The third-order valence-corrected chi connectivity index (χ3v) is 1.98. The molecule has 2 heteroatoms. The monoisotopic (exact) mass is 151 g/mol. The zero-order chi connectivity index (χ0) is 6.97. The van der Waals surface area contributed by atoms with Crippen molar-refractivity contribution in [1.29, 1.82) is 0 Å². The predicted molar refractivity (Wildman–Crippen MR) is 43.4 cm³/mol. The molecule has 0 radical (unpaired) electrons. The van der Waals surface area contributed by atoms with E-state index in [0.29, 0.717) is 0 Å². The fourth-order valence-electron chi connectivity index (χ4n) is 1.08. The molecule has 0 aromatic carbocycles. The Hall–Kier alpha value is -0.820. The maximum Gasteiger partial charge on any atom is 0.0790 e. The third kappa shape index (κ3) is 0.745. The second-order valence-corrected chi connectivity index (χ2v) is 2.71. The Labute approximate surface area is 64.4 Å². The van der Waals surface area contributed by atoms with E-state index in [-0.39, 0.29) is 5.38 Å². The van der Waals surface area contributed by atoms with Gasteiger partial charge >= 0.3 is 0 Å². The van der Waals surface area contributed by atoms with Gasteiger partial charge in [-0.25, -0.2) is 0 Å². The molecular formula is C8H6ClN. The molecule has 1 aliphatic heterocycles. The van der Waals surface area contributed by atoms with E-state index in [4.69, 9.17) is 11.6 Å². The number of alkyl halides is 1. The van der Waals surface area contributed by atoms with Crippen LogP contribution in [0.25, 0.3) is 0 Å². The van der Waals surface area contributed by atoms with Gasteiger partial charge in [0, 0.05) is 11.8 Å². The van der Waals surface area contributed by atoms with Crippen molar-refractivity contribution in [3.63, 3.8) is 0 Å². The molecule has 1 nitrogen and oxygen atoms in total. The normalized spacial score (nSPS) is 27.9. The van der Waals surface area contributed by atoms with Gasteiger partial charge in [-0.05, 0) is 12.2 Å². The molecule has 10 heavy (non-hydrogen) atoms. The number of hydrogen-bond donors (Lipinski definition) is 0. The highest BCUT2D eigenvalue weighted by molar-refractivity contribution is 6.24. The van der Waals surface area contributed by atoms with Crippen LogP contribution in [0.3, 0.4) is 0 Å². The van der Waals surface area contributed by atoms with Gasteiger partial charge < -0.3 is 0 Å². The first-order valence-corrected chi connectivity index (χ1v) is 3.59. The minimum Gasteiger partial charge on any atom is -0.257 e. The summed E-state index contributed by atoms with van der Waals surface area (Å²) in [6.07, 6.45) is 9.59. The predicted octanol–water partition coefficient (Wildman–Crippen LogP) is 2.06. The van der Waals surface area contributed by atoms with Crippen LogP contribution in [0.4, 0.5) is 0 Å². The van der Waals surface area contributed by atoms with Gasteiger partial charge in [-0.15, -0.1) is 11.6 Å². The first-order chi connectivity index (χ1) is 4.88. The van der Waals surface area contributed by atoms with Crippen molar-refractivity contribution >= 4 is 17.8 Å². The molecule has 0 unspecified atom stereocenters. The molecule has 50 valence electrons. The van der Waals surface area contributed by atoms with Gasteiger partial charge in [-0.2, -0.15) is 0 Å². The zero-order valence-corrected chi connectivity index (χ0v) is 6.05. The number of nitrogens with zero attached hydrogens (tertiary/aromatic N) is 1.